The number of fused-ring (bicyclic) bond motifs is 1. The quantitative estimate of drug-likeness (QED) is 0.732. The molecule has 3 aromatic rings. The predicted octanol–water partition coefficient (Wildman–Crippen LogP) is 4.42. The van der Waals surface area contributed by atoms with Crippen LogP contribution >= 0.6 is 0 Å². The van der Waals surface area contributed by atoms with Crippen LogP contribution in [0.5, 0.6) is 5.75 Å². The third-order valence-corrected chi connectivity index (χ3v) is 3.40. The molecule has 2 heteroatoms. The van der Waals surface area contributed by atoms with Gasteiger partial charge in [-0.15, -0.1) is 0 Å². The third-order valence-electron chi connectivity index (χ3n) is 3.40. The molecule has 0 fully saturated rings. The van der Waals surface area contributed by atoms with Crippen molar-refractivity contribution in [1.82, 2.24) is 4.57 Å². The van der Waals surface area contributed by atoms with Crippen LogP contribution in [-0.2, 0) is 6.54 Å². The second-order valence-corrected chi connectivity index (χ2v) is 4.79. The van der Waals surface area contributed by atoms with Crippen LogP contribution in [-0.4, -0.2) is 9.67 Å². The van der Waals surface area contributed by atoms with Crippen molar-refractivity contribution in [3.63, 3.8) is 0 Å². The summed E-state index contributed by atoms with van der Waals surface area (Å²) < 4.78 is 2.32. The molecular formula is C17H17NO. The van der Waals surface area contributed by atoms with Crippen molar-refractivity contribution < 1.29 is 5.11 Å². The number of aromatic nitrogens is 1. The van der Waals surface area contributed by atoms with Gasteiger partial charge in [-0.2, -0.15) is 0 Å². The SMILES string of the molecule is CCCn1c(-c2ccccc2)cc2cc(O)ccc21. The van der Waals surface area contributed by atoms with Crippen LogP contribution in [0.15, 0.2) is 54.6 Å². The highest BCUT2D eigenvalue weighted by atomic mass is 16.3. The summed E-state index contributed by atoms with van der Waals surface area (Å²) in [7, 11) is 0. The molecule has 0 atom stereocenters. The summed E-state index contributed by atoms with van der Waals surface area (Å²) in [5.41, 5.74) is 3.60. The minimum absolute atomic E-state index is 0.320. The molecule has 0 unspecified atom stereocenters. The van der Waals surface area contributed by atoms with Crippen molar-refractivity contribution >= 4 is 10.9 Å². The summed E-state index contributed by atoms with van der Waals surface area (Å²) >= 11 is 0. The van der Waals surface area contributed by atoms with Gasteiger partial charge in [0.05, 0.1) is 0 Å². The maximum absolute atomic E-state index is 9.62. The molecule has 19 heavy (non-hydrogen) atoms. The first-order valence-corrected chi connectivity index (χ1v) is 6.67. The first-order chi connectivity index (χ1) is 9.29. The molecule has 0 spiro atoms. The van der Waals surface area contributed by atoms with Crippen molar-refractivity contribution in [2.24, 2.45) is 0 Å². The Morgan fingerprint density at radius 2 is 1.79 bits per heavy atom. The molecule has 1 aromatic heterocycles. The number of rotatable bonds is 3. The molecule has 0 bridgehead atoms. The van der Waals surface area contributed by atoms with Gasteiger partial charge in [-0.25, -0.2) is 0 Å². The molecule has 0 radical (unpaired) electrons. The molecular weight excluding hydrogens is 234 g/mol. The number of phenolic OH excluding ortho intramolecular Hbond substituents is 1. The molecule has 2 aromatic carbocycles. The van der Waals surface area contributed by atoms with Gasteiger partial charge in [0.15, 0.2) is 0 Å². The van der Waals surface area contributed by atoms with Gasteiger partial charge < -0.3 is 9.67 Å². The Bertz CT molecular complexity index is 698. The summed E-state index contributed by atoms with van der Waals surface area (Å²) in [5, 5.41) is 10.7. The number of aryl methyl sites for hydroxylation is 1. The van der Waals surface area contributed by atoms with Crippen LogP contribution in [0.2, 0.25) is 0 Å². The average Bonchev–Trinajstić information content (AvgIpc) is 2.78. The standard InChI is InChI=1S/C17H17NO/c1-2-10-18-16-9-8-15(19)11-14(16)12-17(18)13-6-4-3-5-7-13/h3-9,11-12,19H,2,10H2,1H3. The Hall–Kier alpha value is -2.22. The Kier molecular flexibility index (Phi) is 3.00. The Morgan fingerprint density at radius 1 is 1.00 bits per heavy atom. The fourth-order valence-corrected chi connectivity index (χ4v) is 2.57. The Balaban J connectivity index is 2.26. The van der Waals surface area contributed by atoms with Gasteiger partial charge in [-0.3, -0.25) is 0 Å². The number of hydrogen-bond donors (Lipinski definition) is 1. The van der Waals surface area contributed by atoms with Gasteiger partial charge in [0.1, 0.15) is 5.75 Å². The molecule has 96 valence electrons. The van der Waals surface area contributed by atoms with E-state index in [4.69, 9.17) is 0 Å². The molecule has 2 nitrogen and oxygen atoms in total. The zero-order chi connectivity index (χ0) is 13.2. The van der Waals surface area contributed by atoms with Crippen LogP contribution in [0.4, 0.5) is 0 Å². The molecule has 0 aliphatic carbocycles. The van der Waals surface area contributed by atoms with Gasteiger partial charge in [-0.1, -0.05) is 37.3 Å². The van der Waals surface area contributed by atoms with E-state index in [0.29, 0.717) is 5.75 Å². The first-order valence-electron chi connectivity index (χ1n) is 6.67. The smallest absolute Gasteiger partial charge is 0.116 e. The third kappa shape index (κ3) is 2.10. The van der Waals surface area contributed by atoms with Gasteiger partial charge in [0.2, 0.25) is 0 Å². The maximum Gasteiger partial charge on any atom is 0.116 e. The highest BCUT2D eigenvalue weighted by Gasteiger charge is 2.10. The molecule has 3 rings (SSSR count). The van der Waals surface area contributed by atoms with E-state index < -0.39 is 0 Å². The fourth-order valence-electron chi connectivity index (χ4n) is 2.57. The monoisotopic (exact) mass is 251 g/mol. The number of nitrogens with zero attached hydrogens (tertiary/aromatic N) is 1. The summed E-state index contributed by atoms with van der Waals surface area (Å²) in [5.74, 6) is 0.320. The van der Waals surface area contributed by atoms with Crippen LogP contribution in [0.25, 0.3) is 22.2 Å². The highest BCUT2D eigenvalue weighted by Crippen LogP contribution is 2.30. The predicted molar refractivity (Wildman–Crippen MR) is 79.3 cm³/mol. The minimum atomic E-state index is 0.320. The normalized spacial score (nSPS) is 11.0. The summed E-state index contributed by atoms with van der Waals surface area (Å²) in [6.07, 6.45) is 1.09. The molecule has 1 N–H and O–H groups in total. The van der Waals surface area contributed by atoms with Crippen LogP contribution in [0.1, 0.15) is 13.3 Å². The van der Waals surface area contributed by atoms with Gasteiger partial charge in [0.25, 0.3) is 0 Å². The second-order valence-electron chi connectivity index (χ2n) is 4.79. The van der Waals surface area contributed by atoms with E-state index >= 15 is 0 Å². The van der Waals surface area contributed by atoms with Crippen LogP contribution in [0.3, 0.4) is 0 Å². The Labute approximate surface area is 112 Å². The lowest BCUT2D eigenvalue weighted by molar-refractivity contribution is 0.476. The van der Waals surface area contributed by atoms with E-state index in [-0.39, 0.29) is 0 Å². The van der Waals surface area contributed by atoms with E-state index in [1.807, 2.05) is 18.2 Å². The largest absolute Gasteiger partial charge is 0.508 e. The van der Waals surface area contributed by atoms with Gasteiger partial charge in [0, 0.05) is 23.1 Å². The molecule has 0 saturated heterocycles. The average molecular weight is 251 g/mol. The van der Waals surface area contributed by atoms with Crippen molar-refractivity contribution in [3.05, 3.63) is 54.6 Å². The Morgan fingerprint density at radius 3 is 2.53 bits per heavy atom. The zero-order valence-electron chi connectivity index (χ0n) is 11.0. The zero-order valence-corrected chi connectivity index (χ0v) is 11.0. The van der Waals surface area contributed by atoms with Crippen molar-refractivity contribution in [3.8, 4) is 17.0 Å². The lowest BCUT2D eigenvalue weighted by Crippen LogP contribution is -1.98. The molecule has 1 heterocycles. The summed E-state index contributed by atoms with van der Waals surface area (Å²) in [4.78, 5) is 0. The second kappa shape index (κ2) is 4.81. The maximum atomic E-state index is 9.62. The molecule has 0 aliphatic rings. The van der Waals surface area contributed by atoms with E-state index in [1.54, 1.807) is 6.07 Å². The van der Waals surface area contributed by atoms with Crippen LogP contribution < -0.4 is 0 Å². The number of benzene rings is 2. The van der Waals surface area contributed by atoms with Gasteiger partial charge >= 0.3 is 0 Å². The highest BCUT2D eigenvalue weighted by molar-refractivity contribution is 5.88. The fraction of sp³-hybridized carbons (Fsp3) is 0.176. The molecule has 0 aliphatic heterocycles. The van der Waals surface area contributed by atoms with Crippen molar-refractivity contribution in [2.45, 2.75) is 19.9 Å². The van der Waals surface area contributed by atoms with Gasteiger partial charge in [-0.05, 0) is 36.2 Å². The summed E-state index contributed by atoms with van der Waals surface area (Å²) in [6.45, 7) is 3.17. The first kappa shape index (κ1) is 11.8. The van der Waals surface area contributed by atoms with Crippen LogP contribution in [0, 0.1) is 0 Å². The van der Waals surface area contributed by atoms with E-state index in [9.17, 15) is 5.11 Å². The topological polar surface area (TPSA) is 25.2 Å². The minimum Gasteiger partial charge on any atom is -0.508 e. The summed E-state index contributed by atoms with van der Waals surface area (Å²) in [6, 6.07) is 18.1. The van der Waals surface area contributed by atoms with E-state index in [1.165, 1.54) is 16.8 Å². The number of phenols is 1. The van der Waals surface area contributed by atoms with E-state index in [0.717, 1.165) is 18.4 Å². The van der Waals surface area contributed by atoms with E-state index in [2.05, 4.69) is 41.8 Å². The van der Waals surface area contributed by atoms with Crippen molar-refractivity contribution in [1.29, 1.82) is 0 Å². The number of aromatic hydroxyl groups is 1. The number of hydrogen-bond acceptors (Lipinski definition) is 1. The lowest BCUT2D eigenvalue weighted by atomic mass is 10.1. The molecule has 0 amide bonds. The van der Waals surface area contributed by atoms with Crippen molar-refractivity contribution in [2.75, 3.05) is 0 Å². The molecule has 0 saturated carbocycles. The lowest BCUT2D eigenvalue weighted by Gasteiger charge is -2.09.